The first-order chi connectivity index (χ1) is 11.4. The number of benzene rings is 1. The third-order valence-electron chi connectivity index (χ3n) is 4.65. The summed E-state index contributed by atoms with van der Waals surface area (Å²) >= 11 is 0. The van der Waals surface area contributed by atoms with Gasteiger partial charge in [0.15, 0.2) is 0 Å². The number of nitrogens with zero attached hydrogens (tertiary/aromatic N) is 2. The number of likely N-dealkylation sites (tertiary alicyclic amines) is 1. The maximum Gasteiger partial charge on any atom is 0.254 e. The molecule has 1 fully saturated rings. The first-order valence-electron chi connectivity index (χ1n) is 8.79. The van der Waals surface area contributed by atoms with Crippen LogP contribution in [0, 0.1) is 5.92 Å². The highest BCUT2D eigenvalue weighted by Gasteiger charge is 2.26. The lowest BCUT2D eigenvalue weighted by Gasteiger charge is -2.35. The van der Waals surface area contributed by atoms with E-state index in [2.05, 4.69) is 0 Å². The molecule has 2 N–H and O–H groups in total. The Kier molecular flexibility index (Phi) is 6.37. The van der Waals surface area contributed by atoms with Crippen molar-refractivity contribution in [1.82, 2.24) is 9.80 Å². The highest BCUT2D eigenvalue weighted by atomic mass is 16.2. The van der Waals surface area contributed by atoms with Crippen molar-refractivity contribution in [3.63, 3.8) is 0 Å². The molecule has 0 spiro atoms. The van der Waals surface area contributed by atoms with Gasteiger partial charge in [-0.05, 0) is 37.0 Å². The van der Waals surface area contributed by atoms with Gasteiger partial charge in [0.2, 0.25) is 5.91 Å². The van der Waals surface area contributed by atoms with Crippen LogP contribution >= 0.6 is 0 Å². The molecule has 0 radical (unpaired) electrons. The molecule has 1 aliphatic heterocycles. The fourth-order valence-electron chi connectivity index (χ4n) is 3.22. The minimum absolute atomic E-state index is 0.0110. The molecule has 0 aliphatic carbocycles. The normalized spacial score (nSPS) is 17.9. The number of hydrogen-bond donors (Lipinski definition) is 1. The molecule has 1 heterocycles. The summed E-state index contributed by atoms with van der Waals surface area (Å²) in [6.45, 7) is 5.65. The van der Waals surface area contributed by atoms with Crippen LogP contribution in [-0.4, -0.2) is 47.8 Å². The van der Waals surface area contributed by atoms with E-state index in [1.165, 1.54) is 0 Å². The zero-order valence-electron chi connectivity index (χ0n) is 15.0. The number of hydrogen-bond acceptors (Lipinski definition) is 3. The average Bonchev–Trinajstić information content (AvgIpc) is 2.60. The summed E-state index contributed by atoms with van der Waals surface area (Å²) in [7, 11) is 1.81. The molecule has 1 unspecified atom stereocenters. The van der Waals surface area contributed by atoms with E-state index < -0.39 is 0 Å². The Bertz CT molecular complexity index is 568. The van der Waals surface area contributed by atoms with E-state index in [9.17, 15) is 9.59 Å². The van der Waals surface area contributed by atoms with Gasteiger partial charge in [-0.3, -0.25) is 9.59 Å². The molecule has 0 bridgehead atoms. The number of rotatable bonds is 5. The van der Waals surface area contributed by atoms with E-state index in [4.69, 9.17) is 5.73 Å². The van der Waals surface area contributed by atoms with Gasteiger partial charge in [-0.2, -0.15) is 0 Å². The zero-order valence-corrected chi connectivity index (χ0v) is 15.0. The number of carbonyl (C=O) groups is 2. The second-order valence-electron chi connectivity index (χ2n) is 6.93. The number of nitrogens with two attached hydrogens (primary N) is 1. The minimum Gasteiger partial charge on any atom is -0.341 e. The second kappa shape index (κ2) is 8.29. The van der Waals surface area contributed by atoms with Gasteiger partial charge in [0.1, 0.15) is 0 Å². The molecule has 0 saturated carbocycles. The lowest BCUT2D eigenvalue weighted by atomic mass is 10.0. The number of carbonyl (C=O) groups excluding carboxylic acids is 2. The molecule has 1 atom stereocenters. The Hall–Kier alpha value is -1.88. The summed E-state index contributed by atoms with van der Waals surface area (Å²) < 4.78 is 0. The monoisotopic (exact) mass is 331 g/mol. The maximum atomic E-state index is 12.7. The quantitative estimate of drug-likeness (QED) is 0.900. The third-order valence-corrected chi connectivity index (χ3v) is 4.65. The van der Waals surface area contributed by atoms with E-state index in [-0.39, 0.29) is 23.8 Å². The first-order valence-corrected chi connectivity index (χ1v) is 8.79. The number of piperidine rings is 1. The lowest BCUT2D eigenvalue weighted by Crippen LogP contribution is -2.47. The fraction of sp³-hybridized carbons (Fsp3) is 0.579. The van der Waals surface area contributed by atoms with Crippen molar-refractivity contribution in [3.05, 3.63) is 35.4 Å². The zero-order chi connectivity index (χ0) is 17.7. The molecule has 5 heteroatoms. The van der Waals surface area contributed by atoms with Gasteiger partial charge in [0, 0.05) is 44.2 Å². The van der Waals surface area contributed by atoms with Gasteiger partial charge in [-0.1, -0.05) is 26.0 Å². The van der Waals surface area contributed by atoms with Gasteiger partial charge >= 0.3 is 0 Å². The van der Waals surface area contributed by atoms with Crippen molar-refractivity contribution in [2.45, 2.75) is 45.7 Å². The van der Waals surface area contributed by atoms with Gasteiger partial charge in [-0.25, -0.2) is 0 Å². The van der Waals surface area contributed by atoms with Crippen molar-refractivity contribution in [2.75, 3.05) is 20.1 Å². The molecule has 2 rings (SSSR count). The van der Waals surface area contributed by atoms with Crippen molar-refractivity contribution in [2.24, 2.45) is 11.7 Å². The van der Waals surface area contributed by atoms with Crippen LogP contribution in [0.1, 0.15) is 49.0 Å². The van der Waals surface area contributed by atoms with Crippen molar-refractivity contribution in [3.8, 4) is 0 Å². The van der Waals surface area contributed by atoms with E-state index in [1.807, 2.05) is 43.0 Å². The molecular weight excluding hydrogens is 302 g/mol. The fourth-order valence-corrected chi connectivity index (χ4v) is 3.22. The summed E-state index contributed by atoms with van der Waals surface area (Å²) in [4.78, 5) is 28.3. The van der Waals surface area contributed by atoms with Gasteiger partial charge in [0.05, 0.1) is 0 Å². The Morgan fingerprint density at radius 2 is 1.92 bits per heavy atom. The minimum atomic E-state index is -0.0110. The molecular formula is C19H29N3O2. The van der Waals surface area contributed by atoms with Crippen LogP contribution in [0.2, 0.25) is 0 Å². The van der Waals surface area contributed by atoms with Crippen LogP contribution in [0.4, 0.5) is 0 Å². The number of amides is 2. The Balaban J connectivity index is 2.03. The standard InChI is InChI=1S/C19H29N3O2/c1-14(2)18(23)21(3)13-15-7-9-16(10-8-15)19(24)22-11-5-4-6-17(22)12-20/h7-10,14,17H,4-6,11-13,20H2,1-3H3. The van der Waals surface area contributed by atoms with Crippen molar-refractivity contribution < 1.29 is 9.59 Å². The van der Waals surface area contributed by atoms with Crippen LogP contribution in [0.3, 0.4) is 0 Å². The molecule has 0 aromatic heterocycles. The summed E-state index contributed by atoms with van der Waals surface area (Å²) in [5.41, 5.74) is 7.53. The van der Waals surface area contributed by atoms with Crippen LogP contribution in [0.15, 0.2) is 24.3 Å². The molecule has 132 valence electrons. The summed E-state index contributed by atoms with van der Waals surface area (Å²) in [5.74, 6) is 0.167. The Morgan fingerprint density at radius 1 is 1.25 bits per heavy atom. The summed E-state index contributed by atoms with van der Waals surface area (Å²) in [5, 5.41) is 0. The highest BCUT2D eigenvalue weighted by Crippen LogP contribution is 2.19. The SMILES string of the molecule is CC(C)C(=O)N(C)Cc1ccc(C(=O)N2CCCCC2CN)cc1. The third kappa shape index (κ3) is 4.35. The van der Waals surface area contributed by atoms with E-state index in [0.29, 0.717) is 18.7 Å². The predicted molar refractivity (Wildman–Crippen MR) is 95.5 cm³/mol. The van der Waals surface area contributed by atoms with Crippen LogP contribution < -0.4 is 5.73 Å². The van der Waals surface area contributed by atoms with Gasteiger partial charge < -0.3 is 15.5 Å². The van der Waals surface area contributed by atoms with Gasteiger partial charge in [-0.15, -0.1) is 0 Å². The van der Waals surface area contributed by atoms with Crippen LogP contribution in [0.5, 0.6) is 0 Å². The highest BCUT2D eigenvalue weighted by molar-refractivity contribution is 5.94. The molecule has 2 amide bonds. The average molecular weight is 331 g/mol. The molecule has 1 saturated heterocycles. The van der Waals surface area contributed by atoms with Crippen LogP contribution in [-0.2, 0) is 11.3 Å². The molecule has 5 nitrogen and oxygen atoms in total. The summed E-state index contributed by atoms with van der Waals surface area (Å²) in [6.07, 6.45) is 3.17. The first kappa shape index (κ1) is 18.5. The molecule has 1 aromatic carbocycles. The molecule has 1 aromatic rings. The second-order valence-corrected chi connectivity index (χ2v) is 6.93. The van der Waals surface area contributed by atoms with Gasteiger partial charge in [0.25, 0.3) is 5.91 Å². The van der Waals surface area contributed by atoms with Crippen LogP contribution in [0.25, 0.3) is 0 Å². The van der Waals surface area contributed by atoms with E-state index >= 15 is 0 Å². The largest absolute Gasteiger partial charge is 0.341 e. The maximum absolute atomic E-state index is 12.7. The lowest BCUT2D eigenvalue weighted by molar-refractivity contribution is -0.133. The molecule has 24 heavy (non-hydrogen) atoms. The van der Waals surface area contributed by atoms with E-state index in [1.54, 1.807) is 11.9 Å². The summed E-state index contributed by atoms with van der Waals surface area (Å²) in [6, 6.07) is 7.72. The predicted octanol–water partition coefficient (Wildman–Crippen LogP) is 2.25. The smallest absolute Gasteiger partial charge is 0.254 e. The Labute approximate surface area is 144 Å². The van der Waals surface area contributed by atoms with E-state index in [0.717, 1.165) is 31.4 Å². The molecule has 1 aliphatic rings. The van der Waals surface area contributed by atoms with Crippen molar-refractivity contribution in [1.29, 1.82) is 0 Å². The van der Waals surface area contributed by atoms with Crippen molar-refractivity contribution >= 4 is 11.8 Å². The Morgan fingerprint density at radius 3 is 2.50 bits per heavy atom. The topological polar surface area (TPSA) is 66.6 Å².